The van der Waals surface area contributed by atoms with E-state index in [9.17, 15) is 14.4 Å². The maximum atomic E-state index is 13.0. The Morgan fingerprint density at radius 1 is 1.12 bits per heavy atom. The largest absolute Gasteiger partial charge is 0.332 e. The highest BCUT2D eigenvalue weighted by molar-refractivity contribution is 5.99. The van der Waals surface area contributed by atoms with Gasteiger partial charge in [-0.3, -0.25) is 19.7 Å². The Morgan fingerprint density at radius 2 is 1.85 bits per heavy atom. The average Bonchev–Trinajstić information content (AvgIpc) is 3.35. The van der Waals surface area contributed by atoms with Crippen molar-refractivity contribution in [3.8, 4) is 22.5 Å². The molecule has 1 atom stereocenters. The molecule has 176 valence electrons. The molecule has 1 aliphatic heterocycles. The standard InChI is InChI=1S/C27H30N4O3/c1-17(2)26-29-24(25(30(26)4)19-8-6-5-7-9-19)20-11-12-22-21(14-20)15-31(27(22)34)18(3)10-13-23(33)28-16-32/h5-9,11-12,14,16-18H,10,13,15H2,1-4H3,(H,28,32,33). The second-order valence-corrected chi connectivity index (χ2v) is 9.13. The quantitative estimate of drug-likeness (QED) is 0.511. The van der Waals surface area contributed by atoms with E-state index in [1.165, 1.54) is 0 Å². The van der Waals surface area contributed by atoms with Gasteiger partial charge in [-0.25, -0.2) is 4.98 Å². The summed E-state index contributed by atoms with van der Waals surface area (Å²) >= 11 is 0. The minimum atomic E-state index is -0.335. The van der Waals surface area contributed by atoms with Gasteiger partial charge in [0.2, 0.25) is 12.3 Å². The van der Waals surface area contributed by atoms with Crippen molar-refractivity contribution in [1.82, 2.24) is 19.8 Å². The first-order valence-corrected chi connectivity index (χ1v) is 11.6. The third kappa shape index (κ3) is 4.38. The molecule has 0 saturated carbocycles. The monoisotopic (exact) mass is 458 g/mol. The van der Waals surface area contributed by atoms with E-state index in [0.717, 1.165) is 33.9 Å². The molecule has 0 radical (unpaired) electrons. The molecular weight excluding hydrogens is 428 g/mol. The second-order valence-electron chi connectivity index (χ2n) is 9.13. The van der Waals surface area contributed by atoms with Gasteiger partial charge >= 0.3 is 0 Å². The normalized spacial score (nSPS) is 13.8. The Balaban J connectivity index is 1.65. The summed E-state index contributed by atoms with van der Waals surface area (Å²) in [5.41, 5.74) is 5.69. The zero-order valence-corrected chi connectivity index (χ0v) is 20.0. The Kier molecular flexibility index (Phi) is 6.63. The first kappa shape index (κ1) is 23.4. The highest BCUT2D eigenvalue weighted by atomic mass is 16.2. The van der Waals surface area contributed by atoms with Gasteiger partial charge in [0.25, 0.3) is 5.91 Å². The fourth-order valence-corrected chi connectivity index (χ4v) is 4.64. The number of hydrogen-bond acceptors (Lipinski definition) is 4. The van der Waals surface area contributed by atoms with Crippen molar-refractivity contribution in [2.75, 3.05) is 0 Å². The SMILES string of the molecule is CC(C)c1nc(-c2ccc3c(c2)CN(C(C)CCC(=O)NC=O)C3=O)c(-c2ccccc2)n1C. The van der Waals surface area contributed by atoms with Crippen LogP contribution >= 0.6 is 0 Å². The van der Waals surface area contributed by atoms with E-state index in [0.29, 0.717) is 24.9 Å². The number of nitrogens with one attached hydrogen (secondary N) is 1. The third-order valence-corrected chi connectivity index (χ3v) is 6.45. The van der Waals surface area contributed by atoms with E-state index >= 15 is 0 Å². The van der Waals surface area contributed by atoms with Gasteiger partial charge in [-0.1, -0.05) is 50.2 Å². The van der Waals surface area contributed by atoms with Crippen molar-refractivity contribution in [1.29, 1.82) is 0 Å². The Hall–Kier alpha value is -3.74. The molecule has 0 fully saturated rings. The van der Waals surface area contributed by atoms with Crippen molar-refractivity contribution < 1.29 is 14.4 Å². The fraction of sp³-hybridized carbons (Fsp3) is 0.333. The number of carbonyl (C=O) groups excluding carboxylic acids is 3. The van der Waals surface area contributed by atoms with Gasteiger partial charge in [-0.05, 0) is 31.0 Å². The zero-order valence-electron chi connectivity index (χ0n) is 20.0. The lowest BCUT2D eigenvalue weighted by Gasteiger charge is -2.23. The molecule has 2 aromatic carbocycles. The summed E-state index contributed by atoms with van der Waals surface area (Å²) in [6.07, 6.45) is 1.07. The van der Waals surface area contributed by atoms with E-state index < -0.39 is 0 Å². The van der Waals surface area contributed by atoms with Gasteiger partial charge in [0.1, 0.15) is 5.82 Å². The number of nitrogens with zero attached hydrogens (tertiary/aromatic N) is 3. The smallest absolute Gasteiger partial charge is 0.254 e. The predicted molar refractivity (Wildman–Crippen MR) is 131 cm³/mol. The molecule has 1 N–H and O–H groups in total. The molecule has 7 nitrogen and oxygen atoms in total. The van der Waals surface area contributed by atoms with E-state index in [1.807, 2.05) is 37.3 Å². The first-order valence-electron chi connectivity index (χ1n) is 11.6. The highest BCUT2D eigenvalue weighted by Crippen LogP contribution is 2.36. The Morgan fingerprint density at radius 3 is 2.53 bits per heavy atom. The molecule has 3 amide bonds. The molecule has 4 rings (SSSR count). The van der Waals surface area contributed by atoms with Crippen LogP contribution in [0, 0.1) is 0 Å². The summed E-state index contributed by atoms with van der Waals surface area (Å²) < 4.78 is 2.16. The summed E-state index contributed by atoms with van der Waals surface area (Å²) in [6, 6.07) is 16.0. The lowest BCUT2D eigenvalue weighted by molar-refractivity contribution is -0.125. The lowest BCUT2D eigenvalue weighted by atomic mass is 10.0. The summed E-state index contributed by atoms with van der Waals surface area (Å²) in [4.78, 5) is 41.9. The van der Waals surface area contributed by atoms with Crippen LogP contribution in [0.15, 0.2) is 48.5 Å². The second kappa shape index (κ2) is 9.63. The van der Waals surface area contributed by atoms with Crippen molar-refractivity contribution in [2.45, 2.75) is 52.1 Å². The van der Waals surface area contributed by atoms with Gasteiger partial charge in [-0.2, -0.15) is 0 Å². The highest BCUT2D eigenvalue weighted by Gasteiger charge is 2.31. The number of fused-ring (bicyclic) bond motifs is 1. The minimum absolute atomic E-state index is 0.0305. The van der Waals surface area contributed by atoms with Crippen LogP contribution in [0.4, 0.5) is 0 Å². The van der Waals surface area contributed by atoms with Crippen molar-refractivity contribution in [2.24, 2.45) is 7.05 Å². The molecule has 3 aromatic rings. The topological polar surface area (TPSA) is 84.3 Å². The van der Waals surface area contributed by atoms with Gasteiger partial charge in [0.15, 0.2) is 0 Å². The molecule has 0 bridgehead atoms. The number of benzene rings is 2. The number of rotatable bonds is 8. The Bertz CT molecular complexity index is 1230. The number of carbonyl (C=O) groups is 3. The third-order valence-electron chi connectivity index (χ3n) is 6.45. The number of imidazole rings is 1. The maximum Gasteiger partial charge on any atom is 0.254 e. The molecule has 0 spiro atoms. The van der Waals surface area contributed by atoms with Crippen molar-refractivity contribution in [3.63, 3.8) is 0 Å². The molecule has 7 heteroatoms. The minimum Gasteiger partial charge on any atom is -0.332 e. The van der Waals surface area contributed by atoms with Crippen LogP contribution in [-0.2, 0) is 23.2 Å². The van der Waals surface area contributed by atoms with E-state index in [2.05, 4.69) is 49.0 Å². The average molecular weight is 459 g/mol. The van der Waals surface area contributed by atoms with Crippen LogP contribution in [0.1, 0.15) is 61.3 Å². The Labute approximate surface area is 199 Å². The maximum absolute atomic E-state index is 13.0. The zero-order chi connectivity index (χ0) is 24.4. The molecule has 0 saturated heterocycles. The fourth-order valence-electron chi connectivity index (χ4n) is 4.64. The molecule has 1 aliphatic rings. The molecule has 0 aliphatic carbocycles. The van der Waals surface area contributed by atoms with Crippen LogP contribution in [0.3, 0.4) is 0 Å². The van der Waals surface area contributed by atoms with Gasteiger partial charge in [0.05, 0.1) is 11.4 Å². The summed E-state index contributed by atoms with van der Waals surface area (Å²) in [7, 11) is 2.05. The van der Waals surface area contributed by atoms with E-state index in [-0.39, 0.29) is 30.2 Å². The first-order chi connectivity index (χ1) is 16.3. The predicted octanol–water partition coefficient (Wildman–Crippen LogP) is 4.27. The number of aromatic nitrogens is 2. The number of amides is 3. The van der Waals surface area contributed by atoms with Gasteiger partial charge in [-0.15, -0.1) is 0 Å². The van der Waals surface area contributed by atoms with Crippen LogP contribution in [-0.4, -0.2) is 38.7 Å². The molecule has 2 heterocycles. The van der Waals surface area contributed by atoms with Crippen molar-refractivity contribution >= 4 is 18.2 Å². The van der Waals surface area contributed by atoms with Crippen molar-refractivity contribution in [3.05, 3.63) is 65.5 Å². The van der Waals surface area contributed by atoms with E-state index in [1.54, 1.807) is 4.90 Å². The summed E-state index contributed by atoms with van der Waals surface area (Å²) in [6.45, 7) is 6.69. The molecule has 1 unspecified atom stereocenters. The molecule has 34 heavy (non-hydrogen) atoms. The van der Waals surface area contributed by atoms with E-state index in [4.69, 9.17) is 4.98 Å². The summed E-state index contributed by atoms with van der Waals surface area (Å²) in [5, 5.41) is 2.15. The van der Waals surface area contributed by atoms with Crippen LogP contribution in [0.25, 0.3) is 22.5 Å². The number of hydrogen-bond donors (Lipinski definition) is 1. The lowest BCUT2D eigenvalue weighted by Crippen LogP contribution is -2.34. The molecular formula is C27H30N4O3. The van der Waals surface area contributed by atoms with Crippen LogP contribution in [0.2, 0.25) is 0 Å². The summed E-state index contributed by atoms with van der Waals surface area (Å²) in [5.74, 6) is 0.911. The van der Waals surface area contributed by atoms with Crippen LogP contribution < -0.4 is 5.32 Å². The number of imide groups is 1. The van der Waals surface area contributed by atoms with Gasteiger partial charge in [0, 0.05) is 48.7 Å². The molecule has 1 aromatic heterocycles. The van der Waals surface area contributed by atoms with Crippen LogP contribution in [0.5, 0.6) is 0 Å². The van der Waals surface area contributed by atoms with Gasteiger partial charge < -0.3 is 9.47 Å².